The van der Waals surface area contributed by atoms with E-state index < -0.39 is 0 Å². The third kappa shape index (κ3) is 6.02. The molecule has 2 unspecified atom stereocenters. The number of piperidine rings is 1. The molecule has 7 heteroatoms. The van der Waals surface area contributed by atoms with Gasteiger partial charge in [0, 0.05) is 6.54 Å². The highest BCUT2D eigenvalue weighted by Gasteiger charge is 2.26. The number of methoxy groups -OCH3 is 1. The lowest BCUT2D eigenvalue weighted by molar-refractivity contribution is -0.123. The minimum absolute atomic E-state index is 0. The van der Waals surface area contributed by atoms with Crippen LogP contribution in [0.4, 0.5) is 0 Å². The Kier molecular flexibility index (Phi) is 10.3. The van der Waals surface area contributed by atoms with Gasteiger partial charge < -0.3 is 15.4 Å². The second-order valence-electron chi connectivity index (χ2n) is 6.78. The van der Waals surface area contributed by atoms with Gasteiger partial charge in [0.05, 0.1) is 19.2 Å². The molecule has 1 amide bonds. The first-order valence-electron chi connectivity index (χ1n) is 9.17. The summed E-state index contributed by atoms with van der Waals surface area (Å²) in [6.45, 7) is 3.80. The van der Waals surface area contributed by atoms with E-state index in [1.807, 2.05) is 12.1 Å². The van der Waals surface area contributed by atoms with Crippen LogP contribution < -0.4 is 15.4 Å². The Hall–Kier alpha value is -1.01. The molecule has 148 valence electrons. The zero-order chi connectivity index (χ0) is 16.8. The van der Waals surface area contributed by atoms with Crippen LogP contribution in [0.25, 0.3) is 0 Å². The van der Waals surface area contributed by atoms with Crippen molar-refractivity contribution in [1.29, 1.82) is 0 Å². The van der Waals surface area contributed by atoms with Crippen LogP contribution in [-0.2, 0) is 4.79 Å². The lowest BCUT2D eigenvalue weighted by Gasteiger charge is -2.30. The number of halogens is 2. The van der Waals surface area contributed by atoms with Crippen molar-refractivity contribution >= 4 is 30.7 Å². The fraction of sp³-hybridized carbons (Fsp3) is 0.632. The second kappa shape index (κ2) is 11.7. The summed E-state index contributed by atoms with van der Waals surface area (Å²) in [4.78, 5) is 14.9. The number of nitrogens with one attached hydrogen (secondary N) is 2. The van der Waals surface area contributed by atoms with E-state index in [0.717, 1.165) is 38.2 Å². The van der Waals surface area contributed by atoms with E-state index >= 15 is 0 Å². The summed E-state index contributed by atoms with van der Waals surface area (Å²) in [5.41, 5.74) is 1.22. The first-order valence-corrected chi connectivity index (χ1v) is 9.17. The molecular formula is C19H31Cl2N3O2. The second-order valence-corrected chi connectivity index (χ2v) is 6.78. The summed E-state index contributed by atoms with van der Waals surface area (Å²) in [5.74, 6) is 1.01. The van der Waals surface area contributed by atoms with Gasteiger partial charge in [-0.2, -0.15) is 0 Å². The Morgan fingerprint density at radius 1 is 1.27 bits per heavy atom. The highest BCUT2D eigenvalue weighted by Crippen LogP contribution is 2.27. The quantitative estimate of drug-likeness (QED) is 0.766. The van der Waals surface area contributed by atoms with Crippen molar-refractivity contribution in [1.82, 2.24) is 15.5 Å². The van der Waals surface area contributed by atoms with E-state index in [9.17, 15) is 4.79 Å². The monoisotopic (exact) mass is 403 g/mol. The van der Waals surface area contributed by atoms with Crippen LogP contribution in [0.3, 0.4) is 0 Å². The van der Waals surface area contributed by atoms with Gasteiger partial charge in [-0.15, -0.1) is 24.8 Å². The Labute approximate surface area is 169 Å². The van der Waals surface area contributed by atoms with E-state index in [1.54, 1.807) is 7.11 Å². The van der Waals surface area contributed by atoms with Crippen LogP contribution in [-0.4, -0.2) is 50.1 Å². The van der Waals surface area contributed by atoms with Crippen molar-refractivity contribution in [3.05, 3.63) is 29.8 Å². The smallest absolute Gasteiger partial charge is 0.237 e. The van der Waals surface area contributed by atoms with Gasteiger partial charge in [-0.1, -0.05) is 18.6 Å². The van der Waals surface area contributed by atoms with Crippen molar-refractivity contribution in [2.24, 2.45) is 0 Å². The number of carbonyl (C=O) groups is 1. The number of hydrogen-bond donors (Lipinski definition) is 2. The molecule has 5 nitrogen and oxygen atoms in total. The molecule has 2 fully saturated rings. The zero-order valence-electron chi connectivity index (χ0n) is 15.4. The van der Waals surface area contributed by atoms with Gasteiger partial charge in [-0.05, 0) is 63.0 Å². The summed E-state index contributed by atoms with van der Waals surface area (Å²) >= 11 is 0. The first kappa shape index (κ1) is 23.0. The minimum Gasteiger partial charge on any atom is -0.497 e. The summed E-state index contributed by atoms with van der Waals surface area (Å²) < 4.78 is 5.37. The standard InChI is InChI=1S/C19H29N3O2.2ClH/c1-24-16-8-6-7-15(13-16)18(22-11-4-5-12-22)14-21-19(23)17-9-2-3-10-20-17;;/h6-8,13,17-18,20H,2-5,9-12,14H2,1H3,(H,21,23);2*1H. The van der Waals surface area contributed by atoms with Gasteiger partial charge in [0.15, 0.2) is 0 Å². The number of likely N-dealkylation sites (tertiary alicyclic amines) is 1. The Morgan fingerprint density at radius 2 is 2.04 bits per heavy atom. The summed E-state index contributed by atoms with van der Waals surface area (Å²) in [7, 11) is 1.69. The fourth-order valence-corrected chi connectivity index (χ4v) is 3.76. The maximum atomic E-state index is 12.5. The molecule has 0 aromatic heterocycles. The molecule has 3 rings (SSSR count). The summed E-state index contributed by atoms with van der Waals surface area (Å²) in [6.07, 6.45) is 5.72. The molecule has 2 N–H and O–H groups in total. The Morgan fingerprint density at radius 3 is 2.69 bits per heavy atom. The van der Waals surface area contributed by atoms with Crippen molar-refractivity contribution < 1.29 is 9.53 Å². The van der Waals surface area contributed by atoms with Gasteiger partial charge in [-0.3, -0.25) is 9.69 Å². The van der Waals surface area contributed by atoms with Crippen LogP contribution in [0.15, 0.2) is 24.3 Å². The molecule has 2 aliphatic rings. The first-order chi connectivity index (χ1) is 11.8. The topological polar surface area (TPSA) is 53.6 Å². The number of carbonyl (C=O) groups excluding carboxylic acids is 1. The highest BCUT2D eigenvalue weighted by atomic mass is 35.5. The average Bonchev–Trinajstić information content (AvgIpc) is 3.17. The van der Waals surface area contributed by atoms with Gasteiger partial charge in [0.2, 0.25) is 5.91 Å². The van der Waals surface area contributed by atoms with Crippen LogP contribution in [0.5, 0.6) is 5.75 Å². The van der Waals surface area contributed by atoms with Crippen molar-refractivity contribution in [2.75, 3.05) is 33.3 Å². The average molecular weight is 404 g/mol. The molecule has 1 aromatic carbocycles. The molecule has 2 atom stereocenters. The lowest BCUT2D eigenvalue weighted by Crippen LogP contribution is -2.48. The summed E-state index contributed by atoms with van der Waals surface area (Å²) in [5, 5.41) is 6.51. The highest BCUT2D eigenvalue weighted by molar-refractivity contribution is 5.85. The maximum Gasteiger partial charge on any atom is 0.237 e. The van der Waals surface area contributed by atoms with Gasteiger partial charge >= 0.3 is 0 Å². The molecular weight excluding hydrogens is 373 g/mol. The molecule has 0 aliphatic carbocycles. The fourth-order valence-electron chi connectivity index (χ4n) is 3.76. The van der Waals surface area contributed by atoms with E-state index in [0.29, 0.717) is 6.54 Å². The molecule has 1 aromatic rings. The van der Waals surface area contributed by atoms with Crippen LogP contribution in [0.2, 0.25) is 0 Å². The number of nitrogens with zero attached hydrogens (tertiary/aromatic N) is 1. The Balaban J connectivity index is 0.00000169. The number of benzene rings is 1. The number of ether oxygens (including phenoxy) is 1. The Bertz CT molecular complexity index is 547. The predicted octanol–water partition coefficient (Wildman–Crippen LogP) is 2.93. The van der Waals surface area contributed by atoms with E-state index in [2.05, 4.69) is 27.7 Å². The largest absolute Gasteiger partial charge is 0.497 e. The van der Waals surface area contributed by atoms with Crippen molar-refractivity contribution in [3.8, 4) is 5.75 Å². The predicted molar refractivity (Wildman–Crippen MR) is 110 cm³/mol. The molecule has 26 heavy (non-hydrogen) atoms. The SMILES string of the molecule is COc1cccc(C(CNC(=O)C2CCCCN2)N2CCCC2)c1.Cl.Cl. The molecule has 0 radical (unpaired) electrons. The lowest BCUT2D eigenvalue weighted by atomic mass is 10.0. The third-order valence-corrected chi connectivity index (χ3v) is 5.16. The normalized spacial score (nSPS) is 21.2. The molecule has 2 aliphatic heterocycles. The van der Waals surface area contributed by atoms with E-state index in [-0.39, 0.29) is 42.8 Å². The van der Waals surface area contributed by atoms with Crippen molar-refractivity contribution in [3.63, 3.8) is 0 Å². The van der Waals surface area contributed by atoms with E-state index in [4.69, 9.17) is 4.74 Å². The molecule has 0 bridgehead atoms. The van der Waals surface area contributed by atoms with Crippen molar-refractivity contribution in [2.45, 2.75) is 44.2 Å². The van der Waals surface area contributed by atoms with Crippen LogP contribution in [0, 0.1) is 0 Å². The van der Waals surface area contributed by atoms with Gasteiger partial charge in [0.25, 0.3) is 0 Å². The van der Waals surface area contributed by atoms with Gasteiger partial charge in [0.1, 0.15) is 5.75 Å². The van der Waals surface area contributed by atoms with Crippen LogP contribution in [0.1, 0.15) is 43.7 Å². The van der Waals surface area contributed by atoms with E-state index in [1.165, 1.54) is 24.8 Å². The maximum absolute atomic E-state index is 12.5. The zero-order valence-corrected chi connectivity index (χ0v) is 17.0. The van der Waals surface area contributed by atoms with Crippen LogP contribution >= 0.6 is 24.8 Å². The number of rotatable bonds is 6. The molecule has 2 heterocycles. The summed E-state index contributed by atoms with van der Waals surface area (Å²) in [6, 6.07) is 8.42. The number of hydrogen-bond acceptors (Lipinski definition) is 4. The third-order valence-electron chi connectivity index (χ3n) is 5.16. The number of amides is 1. The van der Waals surface area contributed by atoms with Gasteiger partial charge in [-0.25, -0.2) is 0 Å². The molecule has 2 saturated heterocycles. The molecule has 0 saturated carbocycles. The molecule has 0 spiro atoms. The minimum atomic E-state index is -0.0247.